The van der Waals surface area contributed by atoms with Crippen molar-refractivity contribution in [2.24, 2.45) is 0 Å². The highest BCUT2D eigenvalue weighted by Crippen LogP contribution is 2.59. The van der Waals surface area contributed by atoms with Crippen LogP contribution >= 0.6 is 0 Å². The predicted molar refractivity (Wildman–Crippen MR) is 174 cm³/mol. The Bertz CT molecular complexity index is 1970. The Morgan fingerprint density at radius 2 is 1.39 bits per heavy atom. The summed E-state index contributed by atoms with van der Waals surface area (Å²) >= 11 is 0. The highest BCUT2D eigenvalue weighted by atomic mass is 14.9. The lowest BCUT2D eigenvalue weighted by Crippen LogP contribution is -2.35. The standard InChI is InChI=1S/C39H30N2/c1-2-11-31(12-3-1)41-32-18-16-28(17-19-32)34-21-22-37-38-35(34)13-6-14-36(38)39(37)24-7-10-30(39)23-25-40-33-20-15-27-8-4-5-9-29(27)26-33/h1-23,26,40-41H,24-25H2/b30-23-. The van der Waals surface area contributed by atoms with Crippen molar-refractivity contribution < 1.29 is 0 Å². The molecule has 196 valence electrons. The molecule has 0 saturated heterocycles. The van der Waals surface area contributed by atoms with E-state index in [-0.39, 0.29) is 5.41 Å². The van der Waals surface area contributed by atoms with Crippen molar-refractivity contribution in [1.29, 1.82) is 0 Å². The van der Waals surface area contributed by atoms with Gasteiger partial charge in [-0.25, -0.2) is 0 Å². The molecule has 2 heteroatoms. The summed E-state index contributed by atoms with van der Waals surface area (Å²) in [7, 11) is 0. The molecule has 0 heterocycles. The van der Waals surface area contributed by atoms with E-state index in [0.717, 1.165) is 30.0 Å². The normalized spacial score (nSPS) is 17.8. The molecule has 2 aliphatic carbocycles. The van der Waals surface area contributed by atoms with Crippen molar-refractivity contribution in [3.05, 3.63) is 162 Å². The average Bonchev–Trinajstić information content (AvgIpc) is 3.47. The topological polar surface area (TPSA) is 24.1 Å². The number of hydrogen-bond donors (Lipinski definition) is 2. The molecule has 0 radical (unpaired) electrons. The Kier molecular flexibility index (Phi) is 5.53. The van der Waals surface area contributed by atoms with E-state index in [1.807, 2.05) is 6.07 Å². The van der Waals surface area contributed by atoms with Gasteiger partial charge in [0.15, 0.2) is 0 Å². The van der Waals surface area contributed by atoms with Crippen molar-refractivity contribution in [3.8, 4) is 11.1 Å². The molecule has 0 bridgehead atoms. The molecule has 8 rings (SSSR count). The van der Waals surface area contributed by atoms with Gasteiger partial charge in [-0.1, -0.05) is 109 Å². The fraction of sp³-hybridized carbons (Fsp3) is 0.0769. The van der Waals surface area contributed by atoms with E-state index in [2.05, 4.69) is 150 Å². The maximum atomic E-state index is 3.63. The second-order valence-corrected chi connectivity index (χ2v) is 11.1. The smallest absolute Gasteiger partial charge is 0.0495 e. The summed E-state index contributed by atoms with van der Waals surface area (Å²) < 4.78 is 0. The highest BCUT2D eigenvalue weighted by Gasteiger charge is 2.48. The minimum atomic E-state index is -0.0259. The molecule has 2 nitrogen and oxygen atoms in total. The summed E-state index contributed by atoms with van der Waals surface area (Å²) in [6.45, 7) is 0.798. The zero-order valence-corrected chi connectivity index (χ0v) is 22.8. The third kappa shape index (κ3) is 3.87. The first kappa shape index (κ1) is 23.8. The van der Waals surface area contributed by atoms with E-state index in [4.69, 9.17) is 0 Å². The fourth-order valence-corrected chi connectivity index (χ4v) is 6.85. The molecular weight excluding hydrogens is 496 g/mol. The van der Waals surface area contributed by atoms with Gasteiger partial charge in [0.2, 0.25) is 0 Å². The molecule has 0 saturated carbocycles. The predicted octanol–water partition coefficient (Wildman–Crippen LogP) is 10.0. The first-order valence-electron chi connectivity index (χ1n) is 14.4. The van der Waals surface area contributed by atoms with Crippen LogP contribution in [0.1, 0.15) is 17.5 Å². The van der Waals surface area contributed by atoms with Gasteiger partial charge >= 0.3 is 0 Å². The van der Waals surface area contributed by atoms with Crippen LogP contribution in [0.25, 0.3) is 32.7 Å². The number of rotatable bonds is 6. The third-order valence-corrected chi connectivity index (χ3v) is 8.81. The zero-order chi connectivity index (χ0) is 27.2. The fourth-order valence-electron chi connectivity index (χ4n) is 6.85. The quantitative estimate of drug-likeness (QED) is 0.226. The number of hydrogen-bond acceptors (Lipinski definition) is 2. The van der Waals surface area contributed by atoms with Crippen molar-refractivity contribution >= 4 is 38.6 Å². The molecule has 0 fully saturated rings. The Balaban J connectivity index is 1.07. The number of nitrogens with one attached hydrogen (secondary N) is 2. The van der Waals surface area contributed by atoms with Crippen LogP contribution in [0.3, 0.4) is 0 Å². The summed E-state index contributed by atoms with van der Waals surface area (Å²) in [6, 6.07) is 45.8. The highest BCUT2D eigenvalue weighted by molar-refractivity contribution is 6.07. The van der Waals surface area contributed by atoms with Crippen molar-refractivity contribution in [2.75, 3.05) is 17.2 Å². The first-order valence-corrected chi connectivity index (χ1v) is 14.4. The molecule has 0 aliphatic heterocycles. The number of para-hydroxylation sites is 1. The van der Waals surface area contributed by atoms with Crippen LogP contribution in [0.2, 0.25) is 0 Å². The van der Waals surface area contributed by atoms with E-state index < -0.39 is 0 Å². The third-order valence-electron chi connectivity index (χ3n) is 8.81. The lowest BCUT2D eigenvalue weighted by atomic mass is 9.59. The lowest BCUT2D eigenvalue weighted by molar-refractivity contribution is 0.629. The molecule has 41 heavy (non-hydrogen) atoms. The monoisotopic (exact) mass is 526 g/mol. The molecule has 6 aromatic rings. The van der Waals surface area contributed by atoms with Gasteiger partial charge < -0.3 is 10.6 Å². The van der Waals surface area contributed by atoms with Crippen molar-refractivity contribution in [1.82, 2.24) is 0 Å². The van der Waals surface area contributed by atoms with Crippen LogP contribution < -0.4 is 10.6 Å². The average molecular weight is 527 g/mol. The van der Waals surface area contributed by atoms with Crippen LogP contribution in [0.4, 0.5) is 17.1 Å². The van der Waals surface area contributed by atoms with E-state index in [1.54, 1.807) is 0 Å². The first-order chi connectivity index (χ1) is 20.3. The Morgan fingerprint density at radius 3 is 2.27 bits per heavy atom. The van der Waals surface area contributed by atoms with Gasteiger partial charge in [-0.3, -0.25) is 0 Å². The second-order valence-electron chi connectivity index (χ2n) is 11.1. The van der Waals surface area contributed by atoms with E-state index >= 15 is 0 Å². The molecule has 2 aliphatic rings. The Labute approximate surface area is 240 Å². The van der Waals surface area contributed by atoms with Crippen LogP contribution in [-0.2, 0) is 5.41 Å². The van der Waals surface area contributed by atoms with Gasteiger partial charge in [0, 0.05) is 29.0 Å². The number of anilines is 3. The largest absolute Gasteiger partial charge is 0.382 e. The summed E-state index contributed by atoms with van der Waals surface area (Å²) in [4.78, 5) is 0. The Morgan fingerprint density at radius 1 is 0.634 bits per heavy atom. The molecule has 1 spiro atoms. The molecule has 1 unspecified atom stereocenters. The maximum Gasteiger partial charge on any atom is 0.0495 e. The van der Waals surface area contributed by atoms with Crippen molar-refractivity contribution in [3.63, 3.8) is 0 Å². The van der Waals surface area contributed by atoms with Gasteiger partial charge in [0.05, 0.1) is 0 Å². The minimum absolute atomic E-state index is 0.0259. The number of allylic oxidation sites excluding steroid dienone is 3. The molecule has 0 amide bonds. The zero-order valence-electron chi connectivity index (χ0n) is 22.8. The van der Waals surface area contributed by atoms with E-state index in [9.17, 15) is 0 Å². The van der Waals surface area contributed by atoms with Gasteiger partial charge in [-0.05, 0) is 92.2 Å². The van der Waals surface area contributed by atoms with Gasteiger partial charge in [0.1, 0.15) is 0 Å². The van der Waals surface area contributed by atoms with Crippen LogP contribution in [0.5, 0.6) is 0 Å². The van der Waals surface area contributed by atoms with Crippen LogP contribution in [-0.4, -0.2) is 6.54 Å². The van der Waals surface area contributed by atoms with Gasteiger partial charge in [-0.15, -0.1) is 0 Å². The van der Waals surface area contributed by atoms with Crippen LogP contribution in [0, 0.1) is 0 Å². The van der Waals surface area contributed by atoms with Gasteiger partial charge in [-0.2, -0.15) is 0 Å². The molecule has 6 aromatic carbocycles. The Hall–Kier alpha value is -5.08. The van der Waals surface area contributed by atoms with Crippen LogP contribution in [0.15, 0.2) is 151 Å². The number of fused-ring (bicyclic) bond motifs is 3. The maximum absolute atomic E-state index is 3.63. The number of benzene rings is 6. The molecule has 0 aromatic heterocycles. The molecule has 1 atom stereocenters. The summed E-state index contributed by atoms with van der Waals surface area (Å²) in [5, 5.41) is 12.4. The lowest BCUT2D eigenvalue weighted by Gasteiger charge is -2.43. The minimum Gasteiger partial charge on any atom is -0.382 e. The SMILES string of the molecule is C1=C/C(=C/CNc2ccc3ccccc3c2)C2(C1)c1cccc3c(-c4ccc(Nc5ccccc5)cc4)ccc2c13. The summed E-state index contributed by atoms with van der Waals surface area (Å²) in [5.41, 5.74) is 10.2. The molecular formula is C39H30N2. The summed E-state index contributed by atoms with van der Waals surface area (Å²) in [5.74, 6) is 0. The van der Waals surface area contributed by atoms with E-state index in [0.29, 0.717) is 0 Å². The van der Waals surface area contributed by atoms with E-state index in [1.165, 1.54) is 49.4 Å². The second kappa shape index (κ2) is 9.53. The van der Waals surface area contributed by atoms with Crippen molar-refractivity contribution in [2.45, 2.75) is 11.8 Å². The van der Waals surface area contributed by atoms with Gasteiger partial charge in [0.25, 0.3) is 0 Å². The summed E-state index contributed by atoms with van der Waals surface area (Å²) in [6.07, 6.45) is 8.08. The molecule has 2 N–H and O–H groups in total.